The molecule has 1 unspecified atom stereocenters. The first-order valence-corrected chi connectivity index (χ1v) is 11.4. The van der Waals surface area contributed by atoms with Gasteiger partial charge in [0.2, 0.25) is 15.9 Å². The third kappa shape index (κ3) is 5.89. The molecule has 166 valence electrons. The van der Waals surface area contributed by atoms with Crippen molar-refractivity contribution in [1.82, 2.24) is 4.72 Å². The van der Waals surface area contributed by atoms with E-state index in [2.05, 4.69) is 14.8 Å². The molecule has 1 aliphatic carbocycles. The first-order chi connectivity index (χ1) is 14.7. The lowest BCUT2D eigenvalue weighted by Gasteiger charge is -2.20. The third-order valence-corrected chi connectivity index (χ3v) is 6.67. The number of hydrogen-bond donors (Lipinski definition) is 2. The molecule has 3 rings (SSSR count). The van der Waals surface area contributed by atoms with Crippen molar-refractivity contribution in [3.05, 3.63) is 64.1 Å². The van der Waals surface area contributed by atoms with E-state index in [0.717, 1.165) is 11.1 Å². The molecule has 2 N–H and O–H groups in total. The Balaban J connectivity index is 1.72. The van der Waals surface area contributed by atoms with Crippen LogP contribution in [0.2, 0.25) is 0 Å². The number of allylic oxidation sites excluding steroid dienone is 1. The van der Waals surface area contributed by atoms with Gasteiger partial charge < -0.3 is 10.1 Å². The topological polar surface area (TPSA) is 84.5 Å². The van der Waals surface area contributed by atoms with E-state index in [4.69, 9.17) is 0 Å². The van der Waals surface area contributed by atoms with Gasteiger partial charge in [0, 0.05) is 18.2 Å². The number of carbonyl (C=O) groups excluding carboxylic acids is 1. The van der Waals surface area contributed by atoms with Crippen molar-refractivity contribution < 1.29 is 26.7 Å². The number of hydrogen-bond acceptors (Lipinski definition) is 4. The van der Waals surface area contributed by atoms with E-state index in [-0.39, 0.29) is 23.0 Å². The number of alkyl halides is 2. The summed E-state index contributed by atoms with van der Waals surface area (Å²) in [5, 5.41) is 2.74. The van der Waals surface area contributed by atoms with Crippen LogP contribution in [0.4, 0.5) is 14.5 Å². The number of amides is 1. The van der Waals surface area contributed by atoms with Crippen molar-refractivity contribution in [2.24, 2.45) is 0 Å². The van der Waals surface area contributed by atoms with Gasteiger partial charge in [0.1, 0.15) is 5.75 Å². The molecule has 0 aromatic heterocycles. The van der Waals surface area contributed by atoms with E-state index >= 15 is 0 Å². The number of halogens is 2. The van der Waals surface area contributed by atoms with Gasteiger partial charge in [0.05, 0.1) is 4.91 Å². The molecule has 2 aromatic carbocycles. The van der Waals surface area contributed by atoms with Crippen LogP contribution in [0.25, 0.3) is 6.08 Å². The maximum atomic E-state index is 12.9. The van der Waals surface area contributed by atoms with Crippen LogP contribution in [0.1, 0.15) is 49.4 Å². The Morgan fingerprint density at radius 2 is 1.84 bits per heavy atom. The van der Waals surface area contributed by atoms with Gasteiger partial charge in [0.15, 0.2) is 0 Å². The minimum absolute atomic E-state index is 0.0544. The summed E-state index contributed by atoms with van der Waals surface area (Å²) in [5.74, 6) is -0.0438. The predicted molar refractivity (Wildman–Crippen MR) is 115 cm³/mol. The van der Waals surface area contributed by atoms with Gasteiger partial charge in [-0.3, -0.25) is 4.79 Å². The van der Waals surface area contributed by atoms with Crippen molar-refractivity contribution in [1.29, 1.82) is 0 Å². The Kier molecular flexibility index (Phi) is 7.07. The van der Waals surface area contributed by atoms with E-state index in [0.29, 0.717) is 24.1 Å². The highest BCUT2D eigenvalue weighted by atomic mass is 32.2. The van der Waals surface area contributed by atoms with E-state index in [1.165, 1.54) is 12.1 Å². The lowest BCUT2D eigenvalue weighted by Crippen LogP contribution is -2.28. The zero-order valence-corrected chi connectivity index (χ0v) is 18.0. The summed E-state index contributed by atoms with van der Waals surface area (Å²) in [6.45, 7) is 0.591. The van der Waals surface area contributed by atoms with Crippen molar-refractivity contribution >= 4 is 27.7 Å². The molecule has 31 heavy (non-hydrogen) atoms. The van der Waals surface area contributed by atoms with Gasteiger partial charge >= 0.3 is 6.61 Å². The van der Waals surface area contributed by atoms with Crippen LogP contribution in [-0.2, 0) is 21.2 Å². The lowest BCUT2D eigenvalue weighted by molar-refractivity contribution is -0.115. The average Bonchev–Trinajstić information content (AvgIpc) is 2.73. The fourth-order valence-corrected chi connectivity index (χ4v) is 4.72. The maximum Gasteiger partial charge on any atom is 0.387 e. The zero-order chi connectivity index (χ0) is 22.6. The van der Waals surface area contributed by atoms with Crippen LogP contribution in [0.3, 0.4) is 0 Å². The molecule has 0 radical (unpaired) electrons. The van der Waals surface area contributed by atoms with Crippen molar-refractivity contribution in [3.8, 4) is 5.75 Å². The van der Waals surface area contributed by atoms with E-state index in [1.807, 2.05) is 0 Å². The molecule has 1 aliphatic rings. The van der Waals surface area contributed by atoms with Crippen LogP contribution in [-0.4, -0.2) is 20.9 Å². The SMILES string of the molecule is CCC(=O)Nc1ccc(C(C)NS(=O)(=O)C2=Cc3ccc(OC(F)F)cc3CC2)cc1. The maximum absolute atomic E-state index is 12.9. The van der Waals surface area contributed by atoms with Crippen molar-refractivity contribution in [3.63, 3.8) is 0 Å². The molecule has 0 bridgehead atoms. The molecular weight excluding hydrogens is 426 g/mol. The largest absolute Gasteiger partial charge is 0.435 e. The smallest absolute Gasteiger partial charge is 0.387 e. The van der Waals surface area contributed by atoms with Crippen LogP contribution in [0.5, 0.6) is 5.75 Å². The highest BCUT2D eigenvalue weighted by Crippen LogP contribution is 2.31. The summed E-state index contributed by atoms with van der Waals surface area (Å²) >= 11 is 0. The van der Waals surface area contributed by atoms with Gasteiger partial charge in [-0.1, -0.05) is 25.1 Å². The van der Waals surface area contributed by atoms with Gasteiger partial charge in [-0.2, -0.15) is 8.78 Å². The Labute approximate surface area is 180 Å². The molecule has 0 saturated carbocycles. The van der Waals surface area contributed by atoms with E-state index in [9.17, 15) is 22.0 Å². The fourth-order valence-electron chi connectivity index (χ4n) is 3.31. The summed E-state index contributed by atoms with van der Waals surface area (Å²) < 4.78 is 57.6. The molecule has 1 amide bonds. The Hall–Kier alpha value is -2.78. The Morgan fingerprint density at radius 1 is 1.13 bits per heavy atom. The number of nitrogens with one attached hydrogen (secondary N) is 2. The fraction of sp³-hybridized carbons (Fsp3) is 0.318. The number of carbonyl (C=O) groups is 1. The van der Waals surface area contributed by atoms with Crippen LogP contribution in [0.15, 0.2) is 47.4 Å². The first-order valence-electron chi connectivity index (χ1n) is 9.88. The molecule has 0 heterocycles. The molecule has 1 atom stereocenters. The minimum atomic E-state index is -3.75. The lowest BCUT2D eigenvalue weighted by atomic mass is 9.97. The Morgan fingerprint density at radius 3 is 2.48 bits per heavy atom. The number of aryl methyl sites for hydroxylation is 1. The van der Waals surface area contributed by atoms with Gasteiger partial charge in [-0.25, -0.2) is 13.1 Å². The molecule has 0 fully saturated rings. The second kappa shape index (κ2) is 9.57. The van der Waals surface area contributed by atoms with Gasteiger partial charge in [-0.15, -0.1) is 0 Å². The summed E-state index contributed by atoms with van der Waals surface area (Å²) in [4.78, 5) is 11.7. The Bertz CT molecular complexity index is 1080. The summed E-state index contributed by atoms with van der Waals surface area (Å²) in [6, 6.07) is 11.0. The van der Waals surface area contributed by atoms with Crippen LogP contribution >= 0.6 is 0 Å². The highest BCUT2D eigenvalue weighted by molar-refractivity contribution is 7.93. The number of benzene rings is 2. The van der Waals surface area contributed by atoms with Gasteiger partial charge in [-0.05, 0) is 66.8 Å². The third-order valence-electron chi connectivity index (χ3n) is 4.99. The number of fused-ring (bicyclic) bond motifs is 1. The minimum Gasteiger partial charge on any atom is -0.435 e. The van der Waals surface area contributed by atoms with Gasteiger partial charge in [0.25, 0.3) is 0 Å². The summed E-state index contributed by atoms with van der Waals surface area (Å²) in [6.07, 6.45) is 2.60. The second-order valence-electron chi connectivity index (χ2n) is 7.22. The van der Waals surface area contributed by atoms with Crippen LogP contribution < -0.4 is 14.8 Å². The number of rotatable bonds is 8. The normalized spacial score (nSPS) is 14.5. The standard InChI is InChI=1S/C22H24F2N2O4S/c1-3-21(27)25-18-8-4-15(5-9-18)14(2)26-31(28,29)20-11-7-16-12-19(30-22(23)24)10-6-17(16)13-20/h4-6,8-10,12-14,22,26H,3,7,11H2,1-2H3,(H,25,27). The highest BCUT2D eigenvalue weighted by Gasteiger charge is 2.24. The monoisotopic (exact) mass is 450 g/mol. The quantitative estimate of drug-likeness (QED) is 0.615. The number of anilines is 1. The predicted octanol–water partition coefficient (Wildman–Crippen LogP) is 4.60. The van der Waals surface area contributed by atoms with E-state index < -0.39 is 22.7 Å². The molecule has 0 spiro atoms. The second-order valence-corrected chi connectivity index (χ2v) is 8.98. The number of ether oxygens (including phenoxy) is 1. The first kappa shape index (κ1) is 22.9. The summed E-state index contributed by atoms with van der Waals surface area (Å²) in [7, 11) is -3.75. The molecule has 2 aromatic rings. The molecule has 0 aliphatic heterocycles. The molecule has 9 heteroatoms. The number of sulfonamides is 1. The average molecular weight is 451 g/mol. The summed E-state index contributed by atoms with van der Waals surface area (Å²) in [5.41, 5.74) is 2.82. The zero-order valence-electron chi connectivity index (χ0n) is 17.2. The van der Waals surface area contributed by atoms with Crippen LogP contribution in [0, 0.1) is 0 Å². The molecular formula is C22H24F2N2O4S. The molecule has 6 nitrogen and oxygen atoms in total. The van der Waals surface area contributed by atoms with E-state index in [1.54, 1.807) is 50.3 Å². The van der Waals surface area contributed by atoms with Crippen molar-refractivity contribution in [2.75, 3.05) is 5.32 Å². The molecule has 0 saturated heterocycles. The van der Waals surface area contributed by atoms with Crippen molar-refractivity contribution in [2.45, 2.75) is 45.8 Å².